The maximum atomic E-state index is 10.3. The van der Waals surface area contributed by atoms with Crippen molar-refractivity contribution in [1.82, 2.24) is 0 Å². The van der Waals surface area contributed by atoms with Crippen molar-refractivity contribution in [3.05, 3.63) is 22.2 Å². The van der Waals surface area contributed by atoms with Crippen molar-refractivity contribution < 1.29 is 14.6 Å². The second-order valence-electron chi connectivity index (χ2n) is 2.49. The van der Waals surface area contributed by atoms with Crippen LogP contribution in [0.4, 0.5) is 0 Å². The van der Waals surface area contributed by atoms with Crippen molar-refractivity contribution in [2.24, 2.45) is 0 Å². The van der Waals surface area contributed by atoms with Crippen LogP contribution in [0.3, 0.4) is 0 Å². The van der Waals surface area contributed by atoms with Gasteiger partial charge in [0.1, 0.15) is 6.29 Å². The third-order valence-electron chi connectivity index (χ3n) is 1.65. The number of phenols is 1. The fraction of sp³-hybridized carbons (Fsp3) is 0.222. The number of rotatable bonds is 3. The van der Waals surface area contributed by atoms with E-state index < -0.39 is 0 Å². The average Bonchev–Trinajstić information content (AvgIpc) is 2.11. The van der Waals surface area contributed by atoms with Gasteiger partial charge in [0.15, 0.2) is 11.5 Å². The normalized spacial score (nSPS) is 9.69. The number of hydrogen-bond donors (Lipinski definition) is 1. The van der Waals surface area contributed by atoms with Crippen molar-refractivity contribution in [2.45, 2.75) is 6.42 Å². The predicted octanol–water partition coefficient (Wildman–Crippen LogP) is 1.90. The summed E-state index contributed by atoms with van der Waals surface area (Å²) in [5, 5.41) is 9.38. The molecule has 0 saturated heterocycles. The molecule has 0 unspecified atom stereocenters. The lowest BCUT2D eigenvalue weighted by Crippen LogP contribution is -1.90. The summed E-state index contributed by atoms with van der Waals surface area (Å²) >= 11 is 3.27. The van der Waals surface area contributed by atoms with Gasteiger partial charge in [-0.1, -0.05) is 15.9 Å². The summed E-state index contributed by atoms with van der Waals surface area (Å²) in [6, 6.07) is 3.14. The number of aldehydes is 1. The highest BCUT2D eigenvalue weighted by molar-refractivity contribution is 9.10. The van der Waals surface area contributed by atoms with E-state index in [4.69, 9.17) is 4.74 Å². The first-order valence-corrected chi connectivity index (χ1v) is 4.47. The zero-order valence-electron chi connectivity index (χ0n) is 7.08. The molecule has 1 N–H and O–H groups in total. The van der Waals surface area contributed by atoms with Crippen LogP contribution in [0.15, 0.2) is 16.6 Å². The van der Waals surface area contributed by atoms with Gasteiger partial charge in [-0.05, 0) is 17.7 Å². The van der Waals surface area contributed by atoms with Crippen LogP contribution < -0.4 is 4.74 Å². The van der Waals surface area contributed by atoms with Crippen molar-refractivity contribution >= 4 is 22.2 Å². The average molecular weight is 245 g/mol. The summed E-state index contributed by atoms with van der Waals surface area (Å²) in [7, 11) is 1.47. The summed E-state index contributed by atoms with van der Waals surface area (Å²) < 4.78 is 5.65. The third kappa shape index (κ3) is 2.21. The number of carbonyl (C=O) groups excluding carboxylic acids is 1. The summed E-state index contributed by atoms with van der Waals surface area (Å²) in [5.41, 5.74) is 0.744. The molecule has 0 aliphatic heterocycles. The molecule has 4 heteroatoms. The van der Waals surface area contributed by atoms with Gasteiger partial charge < -0.3 is 14.6 Å². The van der Waals surface area contributed by atoms with Crippen molar-refractivity contribution in [1.29, 1.82) is 0 Å². The molecule has 0 atom stereocenters. The molecule has 0 aromatic heterocycles. The number of benzene rings is 1. The number of carbonyl (C=O) groups is 1. The minimum Gasteiger partial charge on any atom is -0.504 e. The van der Waals surface area contributed by atoms with E-state index in [0.29, 0.717) is 5.75 Å². The Morgan fingerprint density at radius 2 is 2.31 bits per heavy atom. The Bertz CT molecular complexity index is 323. The highest BCUT2D eigenvalue weighted by Crippen LogP contribution is 2.32. The van der Waals surface area contributed by atoms with Crippen LogP contribution in [0.5, 0.6) is 11.5 Å². The summed E-state index contributed by atoms with van der Waals surface area (Å²) in [6.45, 7) is 0. The number of methoxy groups -OCH3 is 1. The first kappa shape index (κ1) is 10.1. The van der Waals surface area contributed by atoms with Gasteiger partial charge >= 0.3 is 0 Å². The number of aromatic hydroxyl groups is 1. The molecule has 0 bridgehead atoms. The van der Waals surface area contributed by atoms with Gasteiger partial charge in [0.25, 0.3) is 0 Å². The maximum Gasteiger partial charge on any atom is 0.161 e. The molecule has 70 valence electrons. The molecule has 0 amide bonds. The van der Waals surface area contributed by atoms with Crippen LogP contribution in [0, 0.1) is 0 Å². The molecule has 0 aliphatic rings. The molecule has 0 fully saturated rings. The summed E-state index contributed by atoms with van der Waals surface area (Å²) in [5.74, 6) is 0.434. The zero-order valence-corrected chi connectivity index (χ0v) is 8.67. The van der Waals surface area contributed by atoms with Gasteiger partial charge in [0.05, 0.1) is 7.11 Å². The fourth-order valence-corrected chi connectivity index (χ4v) is 1.48. The van der Waals surface area contributed by atoms with Crippen LogP contribution in [-0.2, 0) is 11.2 Å². The van der Waals surface area contributed by atoms with Crippen LogP contribution in [0.2, 0.25) is 0 Å². The Hall–Kier alpha value is -1.03. The van der Waals surface area contributed by atoms with Gasteiger partial charge in [-0.25, -0.2) is 0 Å². The molecule has 0 radical (unpaired) electrons. The molecule has 1 aromatic rings. The second kappa shape index (κ2) is 4.28. The van der Waals surface area contributed by atoms with Crippen LogP contribution in [0.25, 0.3) is 0 Å². The molecule has 0 heterocycles. The predicted molar refractivity (Wildman–Crippen MR) is 52.1 cm³/mol. The SMILES string of the molecule is COc1cc(Br)c(CC=O)cc1O. The summed E-state index contributed by atoms with van der Waals surface area (Å²) in [4.78, 5) is 10.3. The van der Waals surface area contributed by atoms with E-state index in [-0.39, 0.29) is 12.2 Å². The highest BCUT2D eigenvalue weighted by atomic mass is 79.9. The first-order chi connectivity index (χ1) is 6.19. The molecule has 1 aromatic carbocycles. The van der Waals surface area contributed by atoms with E-state index in [1.807, 2.05) is 0 Å². The lowest BCUT2D eigenvalue weighted by atomic mass is 10.1. The number of halogens is 1. The van der Waals surface area contributed by atoms with Gasteiger partial charge in [0, 0.05) is 10.9 Å². The van der Waals surface area contributed by atoms with Crippen LogP contribution >= 0.6 is 15.9 Å². The van der Waals surface area contributed by atoms with Crippen LogP contribution in [0.1, 0.15) is 5.56 Å². The molecule has 13 heavy (non-hydrogen) atoms. The molecule has 0 aliphatic carbocycles. The van der Waals surface area contributed by atoms with E-state index in [1.165, 1.54) is 13.2 Å². The van der Waals surface area contributed by atoms with Crippen LogP contribution in [-0.4, -0.2) is 18.5 Å². The van der Waals surface area contributed by atoms with Crippen molar-refractivity contribution in [2.75, 3.05) is 7.11 Å². The Kier molecular flexibility index (Phi) is 3.31. The first-order valence-electron chi connectivity index (χ1n) is 3.68. The number of ether oxygens (including phenoxy) is 1. The Morgan fingerprint density at radius 3 is 2.85 bits per heavy atom. The third-order valence-corrected chi connectivity index (χ3v) is 2.39. The van der Waals surface area contributed by atoms with E-state index in [0.717, 1.165) is 16.3 Å². The Morgan fingerprint density at radius 1 is 1.62 bits per heavy atom. The smallest absolute Gasteiger partial charge is 0.161 e. The van der Waals surface area contributed by atoms with E-state index in [2.05, 4.69) is 15.9 Å². The van der Waals surface area contributed by atoms with Crippen molar-refractivity contribution in [3.63, 3.8) is 0 Å². The number of phenolic OH excluding ortho intramolecular Hbond substituents is 1. The molecular formula is C9H9BrO3. The maximum absolute atomic E-state index is 10.3. The van der Waals surface area contributed by atoms with E-state index >= 15 is 0 Å². The van der Waals surface area contributed by atoms with Crippen molar-refractivity contribution in [3.8, 4) is 11.5 Å². The standard InChI is InChI=1S/C9H9BrO3/c1-13-9-5-7(10)6(2-3-11)4-8(9)12/h3-5,12H,2H2,1H3. The van der Waals surface area contributed by atoms with E-state index in [1.54, 1.807) is 6.07 Å². The van der Waals surface area contributed by atoms with Gasteiger partial charge in [0.2, 0.25) is 0 Å². The minimum absolute atomic E-state index is 0.0440. The van der Waals surface area contributed by atoms with Gasteiger partial charge in [-0.3, -0.25) is 0 Å². The summed E-state index contributed by atoms with van der Waals surface area (Å²) in [6.07, 6.45) is 1.06. The zero-order chi connectivity index (χ0) is 9.84. The monoisotopic (exact) mass is 244 g/mol. The number of hydrogen-bond acceptors (Lipinski definition) is 3. The highest BCUT2D eigenvalue weighted by Gasteiger charge is 2.06. The quantitative estimate of drug-likeness (QED) is 0.827. The van der Waals surface area contributed by atoms with Gasteiger partial charge in [-0.15, -0.1) is 0 Å². The lowest BCUT2D eigenvalue weighted by Gasteiger charge is -2.06. The fourth-order valence-electron chi connectivity index (χ4n) is 0.997. The molecule has 3 nitrogen and oxygen atoms in total. The largest absolute Gasteiger partial charge is 0.504 e. The molecule has 0 saturated carbocycles. The Balaban J connectivity index is 3.12. The molecular weight excluding hydrogens is 236 g/mol. The van der Waals surface area contributed by atoms with E-state index in [9.17, 15) is 9.90 Å². The lowest BCUT2D eigenvalue weighted by molar-refractivity contribution is -0.107. The molecule has 0 spiro atoms. The van der Waals surface area contributed by atoms with Gasteiger partial charge in [-0.2, -0.15) is 0 Å². The Labute approximate surface area is 84.5 Å². The topological polar surface area (TPSA) is 46.5 Å². The minimum atomic E-state index is 0.0440. The molecule has 1 rings (SSSR count). The second-order valence-corrected chi connectivity index (χ2v) is 3.34.